The highest BCUT2D eigenvalue weighted by Crippen LogP contribution is 2.32. The number of nitrogens with one attached hydrogen (secondary N) is 2. The lowest BCUT2D eigenvalue weighted by molar-refractivity contribution is -0.122. The number of amides is 1. The molecule has 0 spiro atoms. The summed E-state index contributed by atoms with van der Waals surface area (Å²) in [6.07, 6.45) is 6.49. The Balaban J connectivity index is 1.39. The number of rotatable bonds is 4. The second-order valence-electron chi connectivity index (χ2n) is 6.04. The topological polar surface area (TPSA) is 57.8 Å². The number of carbonyl (C=O) groups excluding carboxylic acids is 1. The lowest BCUT2D eigenvalue weighted by Gasteiger charge is -2.12. The van der Waals surface area contributed by atoms with Gasteiger partial charge in [0.25, 0.3) is 0 Å². The molecular weight excluding hydrogens is 286 g/mol. The molecule has 1 amide bonds. The van der Waals surface area contributed by atoms with Crippen LogP contribution in [0.1, 0.15) is 29.0 Å². The minimum absolute atomic E-state index is 0.0100. The highest BCUT2D eigenvalue weighted by atomic mass is 16.1. The van der Waals surface area contributed by atoms with Gasteiger partial charge in [-0.25, -0.2) is 4.98 Å². The normalized spacial score (nSPS) is 16.4. The molecule has 0 bridgehead atoms. The number of aromatic amines is 1. The Kier molecular flexibility index (Phi) is 3.58. The zero-order chi connectivity index (χ0) is 15.6. The third-order valence-electron chi connectivity index (χ3n) is 4.68. The van der Waals surface area contributed by atoms with E-state index in [4.69, 9.17) is 0 Å². The average molecular weight is 305 g/mol. The Morgan fingerprint density at radius 3 is 3.13 bits per heavy atom. The van der Waals surface area contributed by atoms with Crippen molar-refractivity contribution in [3.8, 4) is 0 Å². The maximum Gasteiger partial charge on any atom is 0.227 e. The number of carbonyl (C=O) groups is 1. The summed E-state index contributed by atoms with van der Waals surface area (Å²) in [6.45, 7) is 0.652. The van der Waals surface area contributed by atoms with E-state index in [9.17, 15) is 4.79 Å². The van der Waals surface area contributed by atoms with Gasteiger partial charge in [0.05, 0.1) is 5.92 Å². The van der Waals surface area contributed by atoms with Crippen LogP contribution in [0.5, 0.6) is 0 Å². The van der Waals surface area contributed by atoms with Gasteiger partial charge in [0.15, 0.2) is 0 Å². The number of fused-ring (bicyclic) bond motifs is 2. The van der Waals surface area contributed by atoms with E-state index in [1.807, 2.05) is 24.4 Å². The molecule has 0 radical (unpaired) electrons. The molecule has 23 heavy (non-hydrogen) atoms. The van der Waals surface area contributed by atoms with Crippen LogP contribution in [0.15, 0.2) is 48.8 Å². The van der Waals surface area contributed by atoms with Gasteiger partial charge in [-0.15, -0.1) is 0 Å². The molecule has 4 rings (SSSR count). The third-order valence-corrected chi connectivity index (χ3v) is 4.68. The van der Waals surface area contributed by atoms with Crippen molar-refractivity contribution in [3.05, 3.63) is 65.5 Å². The van der Waals surface area contributed by atoms with Crippen molar-refractivity contribution in [2.75, 3.05) is 6.54 Å². The number of benzene rings is 1. The predicted octanol–water partition coefficient (Wildman–Crippen LogP) is 2.95. The first-order valence-corrected chi connectivity index (χ1v) is 8.09. The van der Waals surface area contributed by atoms with Crippen molar-refractivity contribution in [3.63, 3.8) is 0 Å². The number of nitrogens with zero attached hydrogens (tertiary/aromatic N) is 1. The zero-order valence-corrected chi connectivity index (χ0v) is 12.9. The molecule has 3 aromatic rings. The second-order valence-corrected chi connectivity index (χ2v) is 6.04. The molecule has 1 aliphatic carbocycles. The van der Waals surface area contributed by atoms with Crippen LogP contribution in [-0.4, -0.2) is 22.4 Å². The monoisotopic (exact) mass is 305 g/mol. The fraction of sp³-hybridized carbons (Fsp3) is 0.263. The molecule has 116 valence electrons. The summed E-state index contributed by atoms with van der Waals surface area (Å²) in [4.78, 5) is 19.9. The molecule has 2 heterocycles. The van der Waals surface area contributed by atoms with E-state index in [0.717, 1.165) is 30.3 Å². The number of pyridine rings is 1. The van der Waals surface area contributed by atoms with Gasteiger partial charge in [-0.3, -0.25) is 4.79 Å². The van der Waals surface area contributed by atoms with Gasteiger partial charge >= 0.3 is 0 Å². The quantitative estimate of drug-likeness (QED) is 0.778. The van der Waals surface area contributed by atoms with E-state index in [1.165, 1.54) is 16.7 Å². The number of aromatic nitrogens is 2. The van der Waals surface area contributed by atoms with Gasteiger partial charge in [-0.2, -0.15) is 0 Å². The molecule has 4 heteroatoms. The Labute approximate surface area is 134 Å². The molecule has 4 nitrogen and oxygen atoms in total. The molecule has 1 aromatic carbocycles. The fourth-order valence-electron chi connectivity index (χ4n) is 3.49. The number of H-pyrrole nitrogens is 1. The number of hydrogen-bond donors (Lipinski definition) is 2. The fourth-order valence-corrected chi connectivity index (χ4v) is 3.49. The van der Waals surface area contributed by atoms with E-state index in [-0.39, 0.29) is 11.8 Å². The van der Waals surface area contributed by atoms with Gasteiger partial charge in [0.2, 0.25) is 5.91 Å². The Hall–Kier alpha value is -2.62. The first-order chi connectivity index (χ1) is 11.3. The lowest BCUT2D eigenvalue weighted by Crippen LogP contribution is -2.30. The molecule has 2 N–H and O–H groups in total. The van der Waals surface area contributed by atoms with Crippen molar-refractivity contribution in [1.29, 1.82) is 0 Å². The van der Waals surface area contributed by atoms with Crippen molar-refractivity contribution in [1.82, 2.24) is 15.3 Å². The summed E-state index contributed by atoms with van der Waals surface area (Å²) in [5.74, 6) is 0.156. The molecule has 0 saturated heterocycles. The SMILES string of the molecule is O=C(NCCc1c[nH]c2ncccc12)C1CCc2ccccc21. The molecule has 0 saturated carbocycles. The minimum Gasteiger partial charge on any atom is -0.355 e. The number of aryl methyl sites for hydroxylation is 1. The largest absolute Gasteiger partial charge is 0.355 e. The van der Waals surface area contributed by atoms with Gasteiger partial charge < -0.3 is 10.3 Å². The van der Waals surface area contributed by atoms with Crippen LogP contribution in [0.3, 0.4) is 0 Å². The predicted molar refractivity (Wildman–Crippen MR) is 90.3 cm³/mol. The van der Waals surface area contributed by atoms with Crippen LogP contribution in [0, 0.1) is 0 Å². The van der Waals surface area contributed by atoms with E-state index in [2.05, 4.69) is 33.5 Å². The molecule has 1 unspecified atom stereocenters. The summed E-state index contributed by atoms with van der Waals surface area (Å²) in [6, 6.07) is 12.3. The molecule has 2 aromatic heterocycles. The van der Waals surface area contributed by atoms with Gasteiger partial charge in [-0.05, 0) is 48.1 Å². The Morgan fingerprint density at radius 2 is 2.17 bits per heavy atom. The maximum atomic E-state index is 12.5. The van der Waals surface area contributed by atoms with Crippen LogP contribution in [0.4, 0.5) is 0 Å². The minimum atomic E-state index is 0.0100. The van der Waals surface area contributed by atoms with Gasteiger partial charge in [0, 0.05) is 24.3 Å². The van der Waals surface area contributed by atoms with E-state index in [0.29, 0.717) is 6.54 Å². The second kappa shape index (κ2) is 5.88. The van der Waals surface area contributed by atoms with Crippen LogP contribution in [-0.2, 0) is 17.6 Å². The summed E-state index contributed by atoms with van der Waals surface area (Å²) in [7, 11) is 0. The third kappa shape index (κ3) is 2.61. The van der Waals surface area contributed by atoms with Crippen LogP contribution in [0.2, 0.25) is 0 Å². The van der Waals surface area contributed by atoms with Crippen LogP contribution in [0.25, 0.3) is 11.0 Å². The summed E-state index contributed by atoms with van der Waals surface area (Å²) < 4.78 is 0. The van der Waals surface area contributed by atoms with Crippen molar-refractivity contribution >= 4 is 16.9 Å². The van der Waals surface area contributed by atoms with Crippen molar-refractivity contribution in [2.24, 2.45) is 0 Å². The van der Waals surface area contributed by atoms with Crippen LogP contribution >= 0.6 is 0 Å². The van der Waals surface area contributed by atoms with E-state index < -0.39 is 0 Å². The highest BCUT2D eigenvalue weighted by Gasteiger charge is 2.27. The first kappa shape index (κ1) is 14.0. The smallest absolute Gasteiger partial charge is 0.227 e. The molecule has 0 aliphatic heterocycles. The number of hydrogen-bond acceptors (Lipinski definition) is 2. The van der Waals surface area contributed by atoms with Crippen LogP contribution < -0.4 is 5.32 Å². The average Bonchev–Trinajstić information content (AvgIpc) is 3.19. The van der Waals surface area contributed by atoms with Gasteiger partial charge in [0.1, 0.15) is 5.65 Å². The first-order valence-electron chi connectivity index (χ1n) is 8.09. The molecule has 1 atom stereocenters. The summed E-state index contributed by atoms with van der Waals surface area (Å²) >= 11 is 0. The standard InChI is InChI=1S/C19H19N3O/c23-19(17-8-7-13-4-1-2-5-15(13)17)21-11-9-14-12-22-18-16(14)6-3-10-20-18/h1-6,10,12,17H,7-9,11H2,(H,20,22)(H,21,23). The van der Waals surface area contributed by atoms with Gasteiger partial charge in [-0.1, -0.05) is 24.3 Å². The van der Waals surface area contributed by atoms with E-state index in [1.54, 1.807) is 6.20 Å². The summed E-state index contributed by atoms with van der Waals surface area (Å²) in [5.41, 5.74) is 4.61. The molecular formula is C19H19N3O. The van der Waals surface area contributed by atoms with Crippen molar-refractivity contribution in [2.45, 2.75) is 25.2 Å². The van der Waals surface area contributed by atoms with Crippen molar-refractivity contribution < 1.29 is 4.79 Å². The molecule has 0 fully saturated rings. The summed E-state index contributed by atoms with van der Waals surface area (Å²) in [5, 5.41) is 4.23. The lowest BCUT2D eigenvalue weighted by atomic mass is 10.0. The Morgan fingerprint density at radius 1 is 1.26 bits per heavy atom. The van der Waals surface area contributed by atoms with E-state index >= 15 is 0 Å². The zero-order valence-electron chi connectivity index (χ0n) is 12.9. The Bertz CT molecular complexity index is 852. The highest BCUT2D eigenvalue weighted by molar-refractivity contribution is 5.85. The maximum absolute atomic E-state index is 12.5. The molecule has 1 aliphatic rings.